The number of rotatable bonds is 5. The quantitative estimate of drug-likeness (QED) is 0.751. The van der Waals surface area contributed by atoms with Crippen LogP contribution < -0.4 is 11.1 Å². The van der Waals surface area contributed by atoms with Crippen LogP contribution in [0.5, 0.6) is 0 Å². The lowest BCUT2D eigenvalue weighted by Crippen LogP contribution is -2.50. The molecule has 24 heavy (non-hydrogen) atoms. The molecule has 1 aromatic rings. The third kappa shape index (κ3) is 4.33. The fourth-order valence-electron chi connectivity index (χ4n) is 2.76. The monoisotopic (exact) mass is 393 g/mol. The lowest BCUT2D eigenvalue weighted by atomic mass is 10.0. The number of carbonyl (C=O) groups is 1. The van der Waals surface area contributed by atoms with Crippen molar-refractivity contribution in [3.63, 3.8) is 0 Å². The summed E-state index contributed by atoms with van der Waals surface area (Å²) in [5.74, 6) is -0.345. The Morgan fingerprint density at radius 2 is 1.96 bits per heavy atom. The van der Waals surface area contributed by atoms with E-state index in [0.717, 1.165) is 12.8 Å². The Kier molecular flexibility index (Phi) is 6.36. The van der Waals surface area contributed by atoms with Crippen LogP contribution in [0.2, 0.25) is 10.0 Å². The minimum absolute atomic E-state index is 0.0380. The van der Waals surface area contributed by atoms with Crippen LogP contribution in [0.4, 0.5) is 11.4 Å². The fourth-order valence-corrected chi connectivity index (χ4v) is 4.99. The molecule has 0 bridgehead atoms. The van der Waals surface area contributed by atoms with Gasteiger partial charge in [0.1, 0.15) is 6.04 Å². The summed E-state index contributed by atoms with van der Waals surface area (Å²) in [6.45, 7) is 2.17. The molecule has 1 aliphatic heterocycles. The van der Waals surface area contributed by atoms with E-state index in [4.69, 9.17) is 28.9 Å². The van der Waals surface area contributed by atoms with Gasteiger partial charge in [-0.25, -0.2) is 8.42 Å². The van der Waals surface area contributed by atoms with Gasteiger partial charge < -0.3 is 11.1 Å². The van der Waals surface area contributed by atoms with Gasteiger partial charge in [-0.1, -0.05) is 36.5 Å². The molecule has 6 nitrogen and oxygen atoms in total. The molecule has 0 spiro atoms. The number of carbonyl (C=O) groups excluding carboxylic acids is 1. The molecule has 0 saturated carbocycles. The van der Waals surface area contributed by atoms with Crippen molar-refractivity contribution in [3.05, 3.63) is 22.2 Å². The van der Waals surface area contributed by atoms with Gasteiger partial charge in [0, 0.05) is 12.2 Å². The van der Waals surface area contributed by atoms with Crippen molar-refractivity contribution in [1.29, 1.82) is 0 Å². The Balaban J connectivity index is 2.20. The normalized spacial score (nSPS) is 19.2. The summed E-state index contributed by atoms with van der Waals surface area (Å²) in [4.78, 5) is 12.6. The second kappa shape index (κ2) is 7.91. The Labute approximate surface area is 152 Å². The van der Waals surface area contributed by atoms with Crippen molar-refractivity contribution >= 4 is 50.5 Å². The van der Waals surface area contributed by atoms with Gasteiger partial charge in [-0.15, -0.1) is 0 Å². The number of nitrogens with one attached hydrogen (secondary N) is 1. The van der Waals surface area contributed by atoms with Gasteiger partial charge in [-0.05, 0) is 31.4 Å². The highest BCUT2D eigenvalue weighted by molar-refractivity contribution is 7.89. The number of hydrogen-bond donors (Lipinski definition) is 2. The smallest absolute Gasteiger partial charge is 0.242 e. The van der Waals surface area contributed by atoms with Crippen molar-refractivity contribution in [2.75, 3.05) is 23.3 Å². The molecular formula is C15H21Cl2N3O3S. The Hall–Kier alpha value is -1.02. The van der Waals surface area contributed by atoms with Crippen LogP contribution in [-0.2, 0) is 14.8 Å². The number of nitrogen functional groups attached to an aromatic ring is 1. The molecule has 1 aromatic carbocycles. The summed E-state index contributed by atoms with van der Waals surface area (Å²) >= 11 is 11.9. The van der Waals surface area contributed by atoms with E-state index < -0.39 is 16.1 Å². The second-order valence-electron chi connectivity index (χ2n) is 5.78. The molecular weight excluding hydrogens is 373 g/mol. The number of sulfonamides is 1. The Morgan fingerprint density at radius 3 is 2.54 bits per heavy atom. The maximum absolute atomic E-state index is 12.6. The van der Waals surface area contributed by atoms with Crippen LogP contribution in [0.3, 0.4) is 0 Å². The largest absolute Gasteiger partial charge is 0.396 e. The third-order valence-electron chi connectivity index (χ3n) is 3.92. The first-order chi connectivity index (χ1) is 11.3. The minimum Gasteiger partial charge on any atom is -0.396 e. The van der Waals surface area contributed by atoms with Crippen LogP contribution in [0.15, 0.2) is 12.1 Å². The number of nitrogens with two attached hydrogens (primary N) is 1. The average molecular weight is 394 g/mol. The van der Waals surface area contributed by atoms with Gasteiger partial charge >= 0.3 is 0 Å². The van der Waals surface area contributed by atoms with Crippen molar-refractivity contribution in [1.82, 2.24) is 4.31 Å². The lowest BCUT2D eigenvalue weighted by Gasteiger charge is -2.33. The zero-order valence-corrected chi connectivity index (χ0v) is 15.7. The fraction of sp³-hybridized carbons (Fsp3) is 0.533. The standard InChI is InChI=1S/C15H21Cl2N3O3S/c1-2-7-24(22,23)20-6-4-3-5-13(20)15(21)19-10-8-11(16)14(18)12(17)9-10/h8-9,13H,2-7,18H2,1H3,(H,19,21)/t13-/m1/s1. The number of nitrogens with zero attached hydrogens (tertiary/aromatic N) is 1. The second-order valence-corrected chi connectivity index (χ2v) is 8.64. The van der Waals surface area contributed by atoms with E-state index in [1.54, 1.807) is 6.92 Å². The molecule has 0 unspecified atom stereocenters. The highest BCUT2D eigenvalue weighted by Gasteiger charge is 2.36. The molecule has 0 aromatic heterocycles. The number of halogens is 2. The predicted octanol–water partition coefficient (Wildman–Crippen LogP) is 3.11. The molecule has 1 amide bonds. The first kappa shape index (κ1) is 19.3. The summed E-state index contributed by atoms with van der Waals surface area (Å²) in [6.07, 6.45) is 2.56. The summed E-state index contributed by atoms with van der Waals surface area (Å²) in [5.41, 5.74) is 6.30. The Morgan fingerprint density at radius 1 is 1.33 bits per heavy atom. The van der Waals surface area contributed by atoms with E-state index in [0.29, 0.717) is 25.1 Å². The topological polar surface area (TPSA) is 92.5 Å². The van der Waals surface area contributed by atoms with Crippen LogP contribution in [0.25, 0.3) is 0 Å². The molecule has 0 aliphatic carbocycles. The van der Waals surface area contributed by atoms with Crippen LogP contribution in [0, 0.1) is 0 Å². The van der Waals surface area contributed by atoms with E-state index in [1.807, 2.05) is 0 Å². The van der Waals surface area contributed by atoms with Crippen LogP contribution in [0.1, 0.15) is 32.6 Å². The first-order valence-corrected chi connectivity index (χ1v) is 10.2. The van der Waals surface area contributed by atoms with Crippen molar-refractivity contribution in [3.8, 4) is 0 Å². The Bertz CT molecular complexity index is 702. The van der Waals surface area contributed by atoms with Crippen molar-refractivity contribution in [2.24, 2.45) is 0 Å². The minimum atomic E-state index is -3.44. The molecule has 134 valence electrons. The number of hydrogen-bond acceptors (Lipinski definition) is 4. The average Bonchev–Trinajstić information content (AvgIpc) is 2.52. The van der Waals surface area contributed by atoms with E-state index in [1.165, 1.54) is 16.4 Å². The maximum Gasteiger partial charge on any atom is 0.242 e. The first-order valence-electron chi connectivity index (χ1n) is 7.81. The van der Waals surface area contributed by atoms with Gasteiger partial charge in [0.05, 0.1) is 21.5 Å². The molecule has 1 fully saturated rings. The third-order valence-corrected chi connectivity index (χ3v) is 6.62. The number of anilines is 2. The summed E-state index contributed by atoms with van der Waals surface area (Å²) in [6, 6.07) is 2.27. The molecule has 1 saturated heterocycles. The van der Waals surface area contributed by atoms with Crippen molar-refractivity contribution < 1.29 is 13.2 Å². The molecule has 1 atom stereocenters. The van der Waals surface area contributed by atoms with E-state index >= 15 is 0 Å². The molecule has 2 rings (SSSR count). The molecule has 3 N–H and O–H groups in total. The van der Waals surface area contributed by atoms with E-state index in [2.05, 4.69) is 5.32 Å². The lowest BCUT2D eigenvalue weighted by molar-refractivity contribution is -0.120. The summed E-state index contributed by atoms with van der Waals surface area (Å²) in [7, 11) is -3.44. The number of benzene rings is 1. The van der Waals surface area contributed by atoms with E-state index in [-0.39, 0.29) is 27.4 Å². The molecule has 1 aliphatic rings. The molecule has 1 heterocycles. The highest BCUT2D eigenvalue weighted by Crippen LogP contribution is 2.31. The SMILES string of the molecule is CCCS(=O)(=O)N1CCCC[C@@H]1C(=O)Nc1cc(Cl)c(N)c(Cl)c1. The van der Waals surface area contributed by atoms with Crippen LogP contribution >= 0.6 is 23.2 Å². The van der Waals surface area contributed by atoms with Gasteiger partial charge in [0.15, 0.2) is 0 Å². The summed E-state index contributed by atoms with van der Waals surface area (Å²) in [5, 5.41) is 3.16. The number of piperidine rings is 1. The summed E-state index contributed by atoms with van der Waals surface area (Å²) < 4.78 is 26.1. The van der Waals surface area contributed by atoms with Crippen molar-refractivity contribution in [2.45, 2.75) is 38.6 Å². The zero-order valence-electron chi connectivity index (χ0n) is 13.4. The maximum atomic E-state index is 12.6. The van der Waals surface area contributed by atoms with Crippen LogP contribution in [-0.4, -0.2) is 37.0 Å². The molecule has 0 radical (unpaired) electrons. The van der Waals surface area contributed by atoms with Gasteiger partial charge in [0.25, 0.3) is 0 Å². The molecule has 9 heteroatoms. The van der Waals surface area contributed by atoms with E-state index in [9.17, 15) is 13.2 Å². The van der Waals surface area contributed by atoms with Gasteiger partial charge in [-0.3, -0.25) is 4.79 Å². The number of amides is 1. The highest BCUT2D eigenvalue weighted by atomic mass is 35.5. The predicted molar refractivity (Wildman–Crippen MR) is 97.9 cm³/mol. The zero-order chi connectivity index (χ0) is 17.9. The van der Waals surface area contributed by atoms with Gasteiger partial charge in [-0.2, -0.15) is 4.31 Å². The van der Waals surface area contributed by atoms with Gasteiger partial charge in [0.2, 0.25) is 15.9 Å².